The molecule has 0 aliphatic heterocycles. The second-order valence-corrected chi connectivity index (χ2v) is 4.92. The number of hydrogen-bond acceptors (Lipinski definition) is 4. The van der Waals surface area contributed by atoms with Gasteiger partial charge in [0.25, 0.3) is 0 Å². The molecule has 0 unspecified atom stereocenters. The van der Waals surface area contributed by atoms with E-state index >= 15 is 0 Å². The van der Waals surface area contributed by atoms with E-state index in [4.69, 9.17) is 14.2 Å². The van der Waals surface area contributed by atoms with Crippen molar-refractivity contribution in [1.82, 2.24) is 0 Å². The molecular formula is C18H20O4. The Bertz CT molecular complexity index is 650. The van der Waals surface area contributed by atoms with Gasteiger partial charge >= 0.3 is 0 Å². The molecule has 0 radical (unpaired) electrons. The van der Waals surface area contributed by atoms with E-state index in [9.17, 15) is 4.79 Å². The van der Waals surface area contributed by atoms with E-state index < -0.39 is 0 Å². The molecule has 0 aliphatic rings. The van der Waals surface area contributed by atoms with E-state index in [2.05, 4.69) is 13.0 Å². The number of aryl methyl sites for hydroxylation is 1. The highest BCUT2D eigenvalue weighted by atomic mass is 16.5. The monoisotopic (exact) mass is 300 g/mol. The SMILES string of the molecule is COc1ccc(C=O)cc1OCCOc1cccc(C)c1C. The van der Waals surface area contributed by atoms with Crippen molar-refractivity contribution in [3.8, 4) is 17.2 Å². The lowest BCUT2D eigenvalue weighted by molar-refractivity contribution is 0.112. The molecule has 0 heterocycles. The van der Waals surface area contributed by atoms with E-state index in [1.54, 1.807) is 25.3 Å². The van der Waals surface area contributed by atoms with Gasteiger partial charge < -0.3 is 14.2 Å². The van der Waals surface area contributed by atoms with Gasteiger partial charge in [-0.05, 0) is 49.2 Å². The molecule has 22 heavy (non-hydrogen) atoms. The van der Waals surface area contributed by atoms with Crippen LogP contribution < -0.4 is 14.2 Å². The molecule has 0 saturated heterocycles. The van der Waals surface area contributed by atoms with Crippen LogP contribution in [0.4, 0.5) is 0 Å². The molecule has 0 N–H and O–H groups in total. The topological polar surface area (TPSA) is 44.8 Å². The fourth-order valence-corrected chi connectivity index (χ4v) is 2.06. The maximum Gasteiger partial charge on any atom is 0.162 e. The highest BCUT2D eigenvalue weighted by molar-refractivity contribution is 5.76. The van der Waals surface area contributed by atoms with Crippen LogP contribution in [0.25, 0.3) is 0 Å². The molecule has 0 amide bonds. The molecule has 2 rings (SSSR count). The first-order chi connectivity index (χ1) is 10.7. The molecule has 0 fully saturated rings. The van der Waals surface area contributed by atoms with Crippen LogP contribution in [0.2, 0.25) is 0 Å². The third-order valence-electron chi connectivity index (χ3n) is 3.48. The van der Waals surface area contributed by atoms with Crippen molar-refractivity contribution < 1.29 is 19.0 Å². The molecule has 4 heteroatoms. The fourth-order valence-electron chi connectivity index (χ4n) is 2.06. The van der Waals surface area contributed by atoms with E-state index in [0.29, 0.717) is 30.3 Å². The molecule has 0 bridgehead atoms. The maximum absolute atomic E-state index is 10.8. The van der Waals surface area contributed by atoms with Crippen molar-refractivity contribution >= 4 is 6.29 Å². The number of carbonyl (C=O) groups is 1. The Hall–Kier alpha value is -2.49. The van der Waals surface area contributed by atoms with Gasteiger partial charge in [-0.2, -0.15) is 0 Å². The number of rotatable bonds is 7. The summed E-state index contributed by atoms with van der Waals surface area (Å²) in [7, 11) is 1.56. The first kappa shape index (κ1) is 15.9. The van der Waals surface area contributed by atoms with E-state index in [0.717, 1.165) is 17.6 Å². The largest absolute Gasteiger partial charge is 0.493 e. The fraction of sp³-hybridized carbons (Fsp3) is 0.278. The normalized spacial score (nSPS) is 10.1. The summed E-state index contributed by atoms with van der Waals surface area (Å²) in [6.45, 7) is 4.86. The van der Waals surface area contributed by atoms with Crippen LogP contribution in [0.15, 0.2) is 36.4 Å². The summed E-state index contributed by atoms with van der Waals surface area (Å²) >= 11 is 0. The van der Waals surface area contributed by atoms with Gasteiger partial charge in [-0.25, -0.2) is 0 Å². The first-order valence-corrected chi connectivity index (χ1v) is 7.10. The zero-order valence-electron chi connectivity index (χ0n) is 13.1. The van der Waals surface area contributed by atoms with Crippen LogP contribution in [0.5, 0.6) is 17.2 Å². The highest BCUT2D eigenvalue weighted by Gasteiger charge is 2.06. The number of ether oxygens (including phenoxy) is 3. The summed E-state index contributed by atoms with van der Waals surface area (Å²) in [5.41, 5.74) is 2.87. The lowest BCUT2D eigenvalue weighted by Gasteiger charge is -2.13. The lowest BCUT2D eigenvalue weighted by atomic mass is 10.1. The third kappa shape index (κ3) is 3.79. The molecule has 0 spiro atoms. The summed E-state index contributed by atoms with van der Waals surface area (Å²) in [6, 6.07) is 11.0. The second kappa shape index (κ2) is 7.50. The Kier molecular flexibility index (Phi) is 5.42. The molecule has 0 saturated carbocycles. The average Bonchev–Trinajstić information content (AvgIpc) is 2.55. The number of benzene rings is 2. The minimum Gasteiger partial charge on any atom is -0.493 e. The van der Waals surface area contributed by atoms with Crippen LogP contribution in [0.3, 0.4) is 0 Å². The molecule has 2 aromatic carbocycles. The highest BCUT2D eigenvalue weighted by Crippen LogP contribution is 2.27. The predicted octanol–water partition coefficient (Wildman–Crippen LogP) is 3.58. The van der Waals surface area contributed by atoms with Crippen molar-refractivity contribution in [2.45, 2.75) is 13.8 Å². The Morgan fingerprint density at radius 3 is 2.36 bits per heavy atom. The minimum absolute atomic E-state index is 0.367. The second-order valence-electron chi connectivity index (χ2n) is 4.92. The van der Waals surface area contributed by atoms with Crippen molar-refractivity contribution in [3.05, 3.63) is 53.1 Å². The van der Waals surface area contributed by atoms with Gasteiger partial charge in [0.1, 0.15) is 25.2 Å². The zero-order valence-corrected chi connectivity index (χ0v) is 13.1. The van der Waals surface area contributed by atoms with Gasteiger partial charge in [0.15, 0.2) is 11.5 Å². The van der Waals surface area contributed by atoms with E-state index in [1.165, 1.54) is 5.56 Å². The van der Waals surface area contributed by atoms with Gasteiger partial charge in [0.05, 0.1) is 7.11 Å². The predicted molar refractivity (Wildman–Crippen MR) is 85.3 cm³/mol. The van der Waals surface area contributed by atoms with E-state index in [-0.39, 0.29) is 0 Å². The van der Waals surface area contributed by atoms with Crippen LogP contribution in [0.1, 0.15) is 21.5 Å². The summed E-state index contributed by atoms with van der Waals surface area (Å²) in [4.78, 5) is 10.8. The van der Waals surface area contributed by atoms with Crippen LogP contribution in [0, 0.1) is 13.8 Å². The average molecular weight is 300 g/mol. The van der Waals surface area contributed by atoms with Crippen molar-refractivity contribution in [1.29, 1.82) is 0 Å². The molecular weight excluding hydrogens is 280 g/mol. The van der Waals surface area contributed by atoms with E-state index in [1.807, 2.05) is 19.1 Å². The molecule has 0 atom stereocenters. The Labute approximate surface area is 130 Å². The van der Waals surface area contributed by atoms with Crippen molar-refractivity contribution in [2.75, 3.05) is 20.3 Å². The number of hydrogen-bond donors (Lipinski definition) is 0. The summed E-state index contributed by atoms with van der Waals surface area (Å²) in [5.74, 6) is 1.99. The summed E-state index contributed by atoms with van der Waals surface area (Å²) in [5, 5.41) is 0. The zero-order chi connectivity index (χ0) is 15.9. The smallest absolute Gasteiger partial charge is 0.162 e. The molecule has 116 valence electrons. The van der Waals surface area contributed by atoms with Crippen LogP contribution in [-0.4, -0.2) is 26.6 Å². The first-order valence-electron chi connectivity index (χ1n) is 7.10. The van der Waals surface area contributed by atoms with Crippen LogP contribution >= 0.6 is 0 Å². The number of methoxy groups -OCH3 is 1. The minimum atomic E-state index is 0.367. The number of carbonyl (C=O) groups excluding carboxylic acids is 1. The Morgan fingerprint density at radius 2 is 1.68 bits per heavy atom. The molecule has 0 aromatic heterocycles. The lowest BCUT2D eigenvalue weighted by Crippen LogP contribution is -2.10. The molecule has 2 aromatic rings. The van der Waals surface area contributed by atoms with Gasteiger partial charge in [-0.15, -0.1) is 0 Å². The maximum atomic E-state index is 10.8. The third-order valence-corrected chi connectivity index (χ3v) is 3.48. The summed E-state index contributed by atoms with van der Waals surface area (Å²) < 4.78 is 16.6. The van der Waals surface area contributed by atoms with Gasteiger partial charge in [-0.3, -0.25) is 4.79 Å². The van der Waals surface area contributed by atoms with Crippen LogP contribution in [-0.2, 0) is 0 Å². The molecule has 0 aliphatic carbocycles. The molecule has 4 nitrogen and oxygen atoms in total. The van der Waals surface area contributed by atoms with Gasteiger partial charge in [-0.1, -0.05) is 12.1 Å². The standard InChI is InChI=1S/C18H20O4/c1-13-5-4-6-16(14(13)2)21-9-10-22-18-11-15(12-19)7-8-17(18)20-3/h4-8,11-12H,9-10H2,1-3H3. The van der Waals surface area contributed by atoms with Gasteiger partial charge in [0.2, 0.25) is 0 Å². The van der Waals surface area contributed by atoms with Gasteiger partial charge in [0, 0.05) is 5.56 Å². The van der Waals surface area contributed by atoms with Crippen molar-refractivity contribution in [2.24, 2.45) is 0 Å². The summed E-state index contributed by atoms with van der Waals surface area (Å²) in [6.07, 6.45) is 0.777. The van der Waals surface area contributed by atoms with Crippen molar-refractivity contribution in [3.63, 3.8) is 0 Å². The number of aldehydes is 1. The quantitative estimate of drug-likeness (QED) is 0.579. The Morgan fingerprint density at radius 1 is 0.955 bits per heavy atom. The Balaban J connectivity index is 1.94.